The SMILES string of the molecule is [Na+].[O-]OOSc1cc(O)c2cc(O)ccc2c1. The molecule has 0 spiro atoms. The molecule has 0 aromatic heterocycles. The first-order valence-electron chi connectivity index (χ1n) is 4.29. The van der Waals surface area contributed by atoms with E-state index in [1.807, 2.05) is 0 Å². The molecule has 2 rings (SSSR count). The van der Waals surface area contributed by atoms with Crippen molar-refractivity contribution in [1.82, 2.24) is 0 Å². The Balaban J connectivity index is 0.00000144. The van der Waals surface area contributed by atoms with Crippen molar-refractivity contribution in [3.63, 3.8) is 0 Å². The number of benzene rings is 2. The molecule has 0 fully saturated rings. The third kappa shape index (κ3) is 3.49. The molecule has 17 heavy (non-hydrogen) atoms. The third-order valence-corrected chi connectivity index (χ3v) is 2.60. The fourth-order valence-corrected chi connectivity index (χ4v) is 1.84. The Kier molecular flexibility index (Phi) is 5.54. The zero-order valence-electron chi connectivity index (χ0n) is 8.91. The quantitative estimate of drug-likeness (QED) is 0.303. The van der Waals surface area contributed by atoms with Gasteiger partial charge in [-0.1, -0.05) is 6.07 Å². The summed E-state index contributed by atoms with van der Waals surface area (Å²) in [7, 11) is 0. The number of aromatic hydroxyl groups is 2. The molecule has 7 heteroatoms. The van der Waals surface area contributed by atoms with Gasteiger partial charge in [-0.3, -0.25) is 5.04 Å². The summed E-state index contributed by atoms with van der Waals surface area (Å²) in [5.41, 5.74) is 0. The molecule has 0 aliphatic rings. The summed E-state index contributed by atoms with van der Waals surface area (Å²) >= 11 is 0.696. The molecule has 2 aromatic rings. The number of fused-ring (bicyclic) bond motifs is 1. The summed E-state index contributed by atoms with van der Waals surface area (Å²) in [5.74, 6) is 0.0627. The molecule has 84 valence electrons. The molecule has 0 amide bonds. The molecule has 0 radical (unpaired) electrons. The molecule has 0 aliphatic carbocycles. The second kappa shape index (κ2) is 6.46. The van der Waals surface area contributed by atoms with Gasteiger partial charge < -0.3 is 15.5 Å². The predicted molar refractivity (Wildman–Crippen MR) is 55.3 cm³/mol. The average Bonchev–Trinajstić information content (AvgIpc) is 2.27. The maximum atomic E-state index is 9.68. The summed E-state index contributed by atoms with van der Waals surface area (Å²) in [6, 6.07) is 7.70. The molecule has 5 nitrogen and oxygen atoms in total. The number of phenols is 2. The Morgan fingerprint density at radius 3 is 2.59 bits per heavy atom. The van der Waals surface area contributed by atoms with Gasteiger partial charge in [0, 0.05) is 10.3 Å². The maximum absolute atomic E-state index is 9.68. The number of rotatable bonds is 3. The molecule has 2 aromatic carbocycles. The van der Waals surface area contributed by atoms with Crippen LogP contribution < -0.4 is 34.8 Å². The summed E-state index contributed by atoms with van der Waals surface area (Å²) in [4.78, 5) is 0.520. The predicted octanol–water partition coefficient (Wildman–Crippen LogP) is -1.51. The Morgan fingerprint density at radius 1 is 1.12 bits per heavy atom. The van der Waals surface area contributed by atoms with Gasteiger partial charge >= 0.3 is 29.6 Å². The van der Waals surface area contributed by atoms with Crippen LogP contribution in [0.25, 0.3) is 10.8 Å². The largest absolute Gasteiger partial charge is 1.00 e. The van der Waals surface area contributed by atoms with Crippen molar-refractivity contribution >= 4 is 22.8 Å². The van der Waals surface area contributed by atoms with Crippen molar-refractivity contribution < 1.29 is 54.4 Å². The van der Waals surface area contributed by atoms with Gasteiger partial charge in [-0.15, -0.1) is 0 Å². The average molecular weight is 262 g/mol. The zero-order chi connectivity index (χ0) is 11.5. The number of hydrogen-bond donors (Lipinski definition) is 2. The van der Waals surface area contributed by atoms with Crippen LogP contribution in [0.4, 0.5) is 0 Å². The molecule has 0 bridgehead atoms. The zero-order valence-corrected chi connectivity index (χ0v) is 11.7. The normalized spacial score (nSPS) is 10.2. The fraction of sp³-hybridized carbons (Fsp3) is 0. The molecule has 0 atom stereocenters. The summed E-state index contributed by atoms with van der Waals surface area (Å²) in [5, 5.41) is 33.0. The second-order valence-corrected chi connectivity index (χ2v) is 3.84. The minimum atomic E-state index is -0.00889. The van der Waals surface area contributed by atoms with Gasteiger partial charge in [0.2, 0.25) is 0 Å². The first-order valence-corrected chi connectivity index (χ1v) is 5.04. The summed E-state index contributed by atoms with van der Waals surface area (Å²) < 4.78 is 4.15. The Bertz CT molecular complexity index is 519. The van der Waals surface area contributed by atoms with Crippen molar-refractivity contribution in [2.24, 2.45) is 0 Å². The van der Waals surface area contributed by atoms with Crippen molar-refractivity contribution in [2.75, 3.05) is 0 Å². The standard InChI is InChI=1S/C10H8O5S.Na/c11-7-2-1-6-3-8(16-15-14-13)5-10(12)9(6)4-7;/h1-5,11-13H;/q;+1/p-1. The van der Waals surface area contributed by atoms with Crippen LogP contribution in [-0.2, 0) is 9.37 Å². The van der Waals surface area contributed by atoms with E-state index in [-0.39, 0.29) is 41.1 Å². The van der Waals surface area contributed by atoms with Gasteiger partial charge in [-0.2, -0.15) is 4.33 Å². The van der Waals surface area contributed by atoms with E-state index in [1.54, 1.807) is 12.1 Å². The molecule has 0 saturated heterocycles. The minimum absolute atomic E-state index is 0. The van der Waals surface area contributed by atoms with E-state index in [9.17, 15) is 15.5 Å². The van der Waals surface area contributed by atoms with E-state index in [1.165, 1.54) is 18.2 Å². The smallest absolute Gasteiger partial charge is 0.691 e. The topological polar surface area (TPSA) is 82.0 Å². The van der Waals surface area contributed by atoms with E-state index in [0.717, 1.165) is 5.39 Å². The van der Waals surface area contributed by atoms with Crippen molar-refractivity contribution in [3.8, 4) is 11.5 Å². The first-order chi connectivity index (χ1) is 7.70. The van der Waals surface area contributed by atoms with E-state index in [0.29, 0.717) is 22.3 Å². The Morgan fingerprint density at radius 2 is 1.88 bits per heavy atom. The van der Waals surface area contributed by atoms with Gasteiger partial charge in [0.1, 0.15) is 11.5 Å². The third-order valence-electron chi connectivity index (χ3n) is 2.05. The minimum Gasteiger partial charge on any atom is -0.691 e. The van der Waals surface area contributed by atoms with E-state index >= 15 is 0 Å². The molecular formula is C10H7NaO5S. The van der Waals surface area contributed by atoms with Crippen LogP contribution in [0.1, 0.15) is 0 Å². The van der Waals surface area contributed by atoms with Gasteiger partial charge in [0.05, 0.1) is 12.0 Å². The molecule has 0 saturated carbocycles. The van der Waals surface area contributed by atoms with E-state index in [2.05, 4.69) is 9.37 Å². The van der Waals surface area contributed by atoms with Crippen LogP contribution in [0, 0.1) is 0 Å². The van der Waals surface area contributed by atoms with Crippen LogP contribution >= 0.6 is 12.0 Å². The second-order valence-electron chi connectivity index (χ2n) is 3.07. The Hall–Kier alpha value is -0.470. The van der Waals surface area contributed by atoms with Crippen molar-refractivity contribution in [3.05, 3.63) is 30.3 Å². The Labute approximate surface area is 123 Å². The number of hydrogen-bond acceptors (Lipinski definition) is 6. The summed E-state index contributed by atoms with van der Waals surface area (Å²) in [6.45, 7) is 0. The van der Waals surface area contributed by atoms with Crippen LogP contribution in [0.2, 0.25) is 0 Å². The van der Waals surface area contributed by atoms with Gasteiger partial charge in [-0.25, -0.2) is 0 Å². The fourth-order valence-electron chi connectivity index (χ4n) is 1.40. The molecule has 0 aliphatic heterocycles. The monoisotopic (exact) mass is 262 g/mol. The number of phenolic OH excluding ortho intramolecular Hbond substituents is 2. The molecular weight excluding hydrogens is 255 g/mol. The van der Waals surface area contributed by atoms with Gasteiger partial charge in [0.25, 0.3) is 0 Å². The van der Waals surface area contributed by atoms with Crippen LogP contribution in [0.3, 0.4) is 0 Å². The van der Waals surface area contributed by atoms with Crippen LogP contribution in [-0.4, -0.2) is 10.2 Å². The molecule has 0 heterocycles. The van der Waals surface area contributed by atoms with Crippen LogP contribution in [0.15, 0.2) is 35.2 Å². The van der Waals surface area contributed by atoms with Gasteiger partial charge in [-0.05, 0) is 29.7 Å². The van der Waals surface area contributed by atoms with Crippen molar-refractivity contribution in [2.45, 2.75) is 4.90 Å². The van der Waals surface area contributed by atoms with Crippen molar-refractivity contribution in [1.29, 1.82) is 0 Å². The van der Waals surface area contributed by atoms with E-state index in [4.69, 9.17) is 0 Å². The summed E-state index contributed by atoms with van der Waals surface area (Å²) in [6.07, 6.45) is 0. The molecule has 2 N–H and O–H groups in total. The van der Waals surface area contributed by atoms with Gasteiger partial charge in [0.15, 0.2) is 0 Å². The van der Waals surface area contributed by atoms with E-state index < -0.39 is 0 Å². The first kappa shape index (κ1) is 14.6. The maximum Gasteiger partial charge on any atom is 1.00 e. The molecule has 0 unspecified atom stereocenters. The van der Waals surface area contributed by atoms with Crippen LogP contribution in [0.5, 0.6) is 11.5 Å².